The van der Waals surface area contributed by atoms with E-state index in [0.717, 1.165) is 0 Å². The van der Waals surface area contributed by atoms with Crippen LogP contribution in [0, 0.1) is 16.7 Å². The fraction of sp³-hybridized carbons (Fsp3) is 0.900. The summed E-state index contributed by atoms with van der Waals surface area (Å²) in [6.45, 7) is 7.76. The number of aliphatic hydroxyl groups excluding tert-OH is 1. The van der Waals surface area contributed by atoms with E-state index in [2.05, 4.69) is 0 Å². The number of carbonyl (C=O) groups excluding carboxylic acids is 1. The van der Waals surface area contributed by atoms with Crippen molar-refractivity contribution < 1.29 is 9.90 Å². The van der Waals surface area contributed by atoms with Crippen molar-refractivity contribution >= 4 is 5.91 Å². The van der Waals surface area contributed by atoms with Crippen LogP contribution in [0.2, 0.25) is 0 Å². The van der Waals surface area contributed by atoms with Gasteiger partial charge in [-0.1, -0.05) is 27.7 Å². The molecule has 1 aliphatic rings. The molecular weight excluding hydrogens is 166 g/mol. The third-order valence-corrected chi connectivity index (χ3v) is 3.42. The van der Waals surface area contributed by atoms with E-state index in [4.69, 9.17) is 5.73 Å². The zero-order valence-corrected chi connectivity index (χ0v) is 8.79. The van der Waals surface area contributed by atoms with Crippen LogP contribution in [0.25, 0.3) is 0 Å². The molecule has 13 heavy (non-hydrogen) atoms. The summed E-state index contributed by atoms with van der Waals surface area (Å²) in [6, 6.07) is 0. The molecule has 1 aliphatic carbocycles. The molecule has 1 rings (SSSR count). The van der Waals surface area contributed by atoms with Gasteiger partial charge in [0.15, 0.2) is 0 Å². The van der Waals surface area contributed by atoms with Crippen molar-refractivity contribution in [3.05, 3.63) is 0 Å². The molecule has 0 saturated heterocycles. The quantitative estimate of drug-likeness (QED) is 0.637. The number of nitrogens with two attached hydrogens (primary N) is 1. The summed E-state index contributed by atoms with van der Waals surface area (Å²) in [6.07, 6.45) is 0.216. The predicted octanol–water partition coefficient (Wildman–Crippen LogP) is 0.905. The van der Waals surface area contributed by atoms with Crippen LogP contribution in [-0.4, -0.2) is 17.1 Å². The second-order valence-electron chi connectivity index (χ2n) is 5.37. The van der Waals surface area contributed by atoms with Gasteiger partial charge in [0, 0.05) is 11.3 Å². The van der Waals surface area contributed by atoms with Crippen LogP contribution >= 0.6 is 0 Å². The molecule has 0 unspecified atom stereocenters. The summed E-state index contributed by atoms with van der Waals surface area (Å²) in [5.74, 6) is -0.507. The normalized spacial score (nSPS) is 36.1. The van der Waals surface area contributed by atoms with Gasteiger partial charge in [0.25, 0.3) is 0 Å². The van der Waals surface area contributed by atoms with Crippen LogP contribution < -0.4 is 5.73 Å². The maximum atomic E-state index is 11.2. The number of hydrogen-bond donors (Lipinski definition) is 2. The molecule has 0 aromatic heterocycles. The lowest BCUT2D eigenvalue weighted by Crippen LogP contribution is -2.38. The lowest BCUT2D eigenvalue weighted by Gasteiger charge is -2.31. The number of amides is 1. The second-order valence-corrected chi connectivity index (χ2v) is 5.37. The average Bonchev–Trinajstić information content (AvgIpc) is 2.11. The van der Waals surface area contributed by atoms with Gasteiger partial charge in [-0.05, 0) is 11.8 Å². The van der Waals surface area contributed by atoms with Gasteiger partial charge in [0.05, 0.1) is 6.10 Å². The molecule has 0 heterocycles. The fourth-order valence-corrected chi connectivity index (χ4v) is 2.57. The molecule has 0 aromatic carbocycles. The molecule has 0 spiro atoms. The molecule has 0 aliphatic heterocycles. The van der Waals surface area contributed by atoms with E-state index in [1.54, 1.807) is 0 Å². The van der Waals surface area contributed by atoms with Gasteiger partial charge in [-0.3, -0.25) is 4.79 Å². The Morgan fingerprint density at radius 1 is 1.38 bits per heavy atom. The molecule has 3 heteroatoms. The minimum Gasteiger partial charge on any atom is -0.392 e. The van der Waals surface area contributed by atoms with E-state index >= 15 is 0 Å². The Labute approximate surface area is 79.3 Å². The van der Waals surface area contributed by atoms with E-state index in [1.807, 2.05) is 27.7 Å². The summed E-state index contributed by atoms with van der Waals surface area (Å²) in [4.78, 5) is 11.2. The highest BCUT2D eigenvalue weighted by Gasteiger charge is 2.54. The van der Waals surface area contributed by atoms with Crippen LogP contribution in [0.4, 0.5) is 0 Å². The molecule has 76 valence electrons. The van der Waals surface area contributed by atoms with Gasteiger partial charge in [-0.2, -0.15) is 0 Å². The van der Waals surface area contributed by atoms with Crippen LogP contribution in [0.3, 0.4) is 0 Å². The number of carbonyl (C=O) groups is 1. The third-order valence-electron chi connectivity index (χ3n) is 3.42. The van der Waals surface area contributed by atoms with Crippen LogP contribution in [-0.2, 0) is 4.79 Å². The molecule has 1 amide bonds. The number of hydrogen-bond acceptors (Lipinski definition) is 2. The molecule has 0 bridgehead atoms. The molecule has 0 radical (unpaired) electrons. The van der Waals surface area contributed by atoms with Gasteiger partial charge < -0.3 is 10.8 Å². The largest absolute Gasteiger partial charge is 0.392 e. The average molecular weight is 185 g/mol. The SMILES string of the molecule is CC1(C)C[C@H](C(N)=O)C(C)(C)[C@@H]1O. The topological polar surface area (TPSA) is 63.3 Å². The molecular formula is C10H19NO2. The number of aliphatic hydroxyl groups is 1. The predicted molar refractivity (Wildman–Crippen MR) is 50.9 cm³/mol. The van der Waals surface area contributed by atoms with Crippen LogP contribution in [0.5, 0.6) is 0 Å². The van der Waals surface area contributed by atoms with Crippen molar-refractivity contribution in [2.45, 2.75) is 40.2 Å². The van der Waals surface area contributed by atoms with E-state index < -0.39 is 11.5 Å². The molecule has 2 atom stereocenters. The van der Waals surface area contributed by atoms with E-state index in [0.29, 0.717) is 6.42 Å². The minimum absolute atomic E-state index is 0.205. The number of primary amides is 1. The molecule has 0 aromatic rings. The van der Waals surface area contributed by atoms with Gasteiger partial charge in [-0.15, -0.1) is 0 Å². The first kappa shape index (κ1) is 10.5. The minimum atomic E-state index is -0.461. The van der Waals surface area contributed by atoms with Crippen molar-refractivity contribution in [2.24, 2.45) is 22.5 Å². The maximum Gasteiger partial charge on any atom is 0.221 e. The highest BCUT2D eigenvalue weighted by Crippen LogP contribution is 2.52. The van der Waals surface area contributed by atoms with Gasteiger partial charge >= 0.3 is 0 Å². The summed E-state index contributed by atoms with van der Waals surface area (Å²) < 4.78 is 0. The Bertz CT molecular complexity index is 233. The van der Waals surface area contributed by atoms with Gasteiger partial charge in [-0.25, -0.2) is 0 Å². The Balaban J connectivity index is 3.00. The van der Waals surface area contributed by atoms with Crippen LogP contribution in [0.15, 0.2) is 0 Å². The van der Waals surface area contributed by atoms with Crippen molar-refractivity contribution in [1.82, 2.24) is 0 Å². The van der Waals surface area contributed by atoms with E-state index in [9.17, 15) is 9.90 Å². The summed E-state index contributed by atoms with van der Waals surface area (Å²) in [7, 11) is 0. The maximum absolute atomic E-state index is 11.2. The van der Waals surface area contributed by atoms with Crippen LogP contribution in [0.1, 0.15) is 34.1 Å². The highest BCUT2D eigenvalue weighted by atomic mass is 16.3. The smallest absolute Gasteiger partial charge is 0.221 e. The van der Waals surface area contributed by atoms with Gasteiger partial charge in [0.2, 0.25) is 5.91 Å². The Morgan fingerprint density at radius 3 is 2.00 bits per heavy atom. The zero-order chi connectivity index (χ0) is 10.4. The van der Waals surface area contributed by atoms with Crippen molar-refractivity contribution in [1.29, 1.82) is 0 Å². The molecule has 3 N–H and O–H groups in total. The highest BCUT2D eigenvalue weighted by molar-refractivity contribution is 5.78. The Hall–Kier alpha value is -0.570. The molecule has 1 fully saturated rings. The Morgan fingerprint density at radius 2 is 1.85 bits per heavy atom. The first-order valence-electron chi connectivity index (χ1n) is 4.67. The standard InChI is InChI=1S/C10H19NO2/c1-9(2)5-6(7(11)12)10(3,4)8(9)13/h6,8,13H,5H2,1-4H3,(H2,11,12)/t6-,8-/m1/s1. The molecule has 1 saturated carbocycles. The van der Waals surface area contributed by atoms with Crippen molar-refractivity contribution in [2.75, 3.05) is 0 Å². The first-order valence-corrected chi connectivity index (χ1v) is 4.67. The van der Waals surface area contributed by atoms with E-state index in [1.165, 1.54) is 0 Å². The van der Waals surface area contributed by atoms with Crippen molar-refractivity contribution in [3.63, 3.8) is 0 Å². The molecule has 3 nitrogen and oxygen atoms in total. The lowest BCUT2D eigenvalue weighted by molar-refractivity contribution is -0.125. The van der Waals surface area contributed by atoms with Gasteiger partial charge in [0.1, 0.15) is 0 Å². The second kappa shape index (κ2) is 2.71. The third kappa shape index (κ3) is 1.46. The summed E-state index contributed by atoms with van der Waals surface area (Å²) in [5, 5.41) is 10.00. The van der Waals surface area contributed by atoms with Crippen molar-refractivity contribution in [3.8, 4) is 0 Å². The monoisotopic (exact) mass is 185 g/mol. The summed E-state index contributed by atoms with van der Waals surface area (Å²) in [5.41, 5.74) is 4.71. The van der Waals surface area contributed by atoms with E-state index in [-0.39, 0.29) is 17.2 Å². The lowest BCUT2D eigenvalue weighted by atomic mass is 9.78. The zero-order valence-electron chi connectivity index (χ0n) is 8.79. The fourth-order valence-electron chi connectivity index (χ4n) is 2.57. The number of rotatable bonds is 1. The first-order chi connectivity index (χ1) is 5.69. The summed E-state index contributed by atoms with van der Waals surface area (Å²) >= 11 is 0. The Kier molecular flexibility index (Phi) is 2.19.